The van der Waals surface area contributed by atoms with E-state index in [-0.39, 0.29) is 5.91 Å². The van der Waals surface area contributed by atoms with E-state index in [0.29, 0.717) is 6.04 Å². The molecule has 0 aromatic heterocycles. The summed E-state index contributed by atoms with van der Waals surface area (Å²) < 4.78 is 0. The molecule has 1 aliphatic heterocycles. The summed E-state index contributed by atoms with van der Waals surface area (Å²) in [6, 6.07) is 15.3. The van der Waals surface area contributed by atoms with E-state index in [0.717, 1.165) is 41.9 Å². The first kappa shape index (κ1) is 15.6. The number of likely N-dealkylation sites (tertiary alicyclic amines) is 1. The van der Waals surface area contributed by atoms with Crippen LogP contribution in [0.1, 0.15) is 42.5 Å². The first-order valence-electron chi connectivity index (χ1n) is 9.23. The number of fused-ring (bicyclic) bond motifs is 1. The van der Waals surface area contributed by atoms with Crippen LogP contribution in [0.4, 0.5) is 0 Å². The summed E-state index contributed by atoms with van der Waals surface area (Å²) in [6.45, 7) is 2.18. The number of amides is 1. The van der Waals surface area contributed by atoms with E-state index in [1.807, 2.05) is 36.2 Å². The molecule has 4 rings (SSSR count). The number of carbonyl (C=O) groups is 1. The van der Waals surface area contributed by atoms with E-state index in [1.165, 1.54) is 25.7 Å². The van der Waals surface area contributed by atoms with E-state index in [2.05, 4.69) is 23.1 Å². The third-order valence-electron chi connectivity index (χ3n) is 5.92. The third-order valence-corrected chi connectivity index (χ3v) is 5.92. The zero-order valence-electron chi connectivity index (χ0n) is 14.4. The van der Waals surface area contributed by atoms with Crippen LogP contribution in [0, 0.1) is 0 Å². The highest BCUT2D eigenvalue weighted by Gasteiger charge is 2.33. The molecular formula is C21H26N2O. The number of rotatable bonds is 3. The largest absolute Gasteiger partial charge is 0.337 e. The highest BCUT2D eigenvalue weighted by molar-refractivity contribution is 6.07. The normalized spacial score (nSPS) is 22.3. The van der Waals surface area contributed by atoms with Gasteiger partial charge in [-0.15, -0.1) is 0 Å². The summed E-state index contributed by atoms with van der Waals surface area (Å²) in [5, 5.41) is 2.19. The van der Waals surface area contributed by atoms with Crippen LogP contribution >= 0.6 is 0 Å². The van der Waals surface area contributed by atoms with Crippen molar-refractivity contribution in [1.82, 2.24) is 9.80 Å². The maximum atomic E-state index is 13.1. The van der Waals surface area contributed by atoms with Crippen molar-refractivity contribution in [3.63, 3.8) is 0 Å². The third kappa shape index (κ3) is 2.82. The lowest BCUT2D eigenvalue weighted by Crippen LogP contribution is -2.40. The molecule has 0 radical (unpaired) electrons. The van der Waals surface area contributed by atoms with Gasteiger partial charge in [-0.3, -0.25) is 9.69 Å². The van der Waals surface area contributed by atoms with E-state index in [1.54, 1.807) is 0 Å². The van der Waals surface area contributed by atoms with Crippen molar-refractivity contribution in [2.75, 3.05) is 20.1 Å². The molecule has 1 saturated heterocycles. The summed E-state index contributed by atoms with van der Waals surface area (Å²) in [7, 11) is 1.98. The average molecular weight is 322 g/mol. The Kier molecular flexibility index (Phi) is 4.28. The van der Waals surface area contributed by atoms with Gasteiger partial charge in [-0.25, -0.2) is 0 Å². The fourth-order valence-electron chi connectivity index (χ4n) is 4.45. The Bertz CT molecular complexity index is 730. The van der Waals surface area contributed by atoms with Crippen molar-refractivity contribution in [1.29, 1.82) is 0 Å². The van der Waals surface area contributed by atoms with Gasteiger partial charge in [-0.1, -0.05) is 49.2 Å². The molecule has 0 N–H and O–H groups in total. The first-order valence-corrected chi connectivity index (χ1v) is 9.23. The number of nitrogens with zero attached hydrogens (tertiary/aromatic N) is 2. The van der Waals surface area contributed by atoms with E-state index in [4.69, 9.17) is 0 Å². The molecule has 2 aromatic carbocycles. The van der Waals surface area contributed by atoms with Crippen LogP contribution in [0.15, 0.2) is 42.5 Å². The maximum absolute atomic E-state index is 13.1. The standard InChI is InChI=1S/C21H26N2O/c1-22(18-13-14-23(15-18)17-9-3-4-10-17)21(24)20-12-6-8-16-7-2-5-11-19(16)20/h2,5-8,11-12,17-18H,3-4,9-10,13-15H2,1H3. The summed E-state index contributed by atoms with van der Waals surface area (Å²) >= 11 is 0. The van der Waals surface area contributed by atoms with Gasteiger partial charge in [0.2, 0.25) is 0 Å². The number of hydrogen-bond acceptors (Lipinski definition) is 2. The van der Waals surface area contributed by atoms with Gasteiger partial charge in [0.15, 0.2) is 0 Å². The molecule has 2 fully saturated rings. The van der Waals surface area contributed by atoms with Crippen molar-refractivity contribution < 1.29 is 4.79 Å². The Morgan fingerprint density at radius 1 is 1.04 bits per heavy atom. The second-order valence-corrected chi connectivity index (χ2v) is 7.32. The van der Waals surface area contributed by atoms with Crippen LogP contribution in [0.2, 0.25) is 0 Å². The van der Waals surface area contributed by atoms with Gasteiger partial charge in [-0.05, 0) is 36.1 Å². The van der Waals surface area contributed by atoms with Crippen molar-refractivity contribution in [2.45, 2.75) is 44.2 Å². The first-order chi connectivity index (χ1) is 11.7. The smallest absolute Gasteiger partial charge is 0.254 e. The van der Waals surface area contributed by atoms with E-state index in [9.17, 15) is 4.79 Å². The van der Waals surface area contributed by atoms with Crippen LogP contribution < -0.4 is 0 Å². The van der Waals surface area contributed by atoms with Gasteiger partial charge < -0.3 is 4.90 Å². The van der Waals surface area contributed by atoms with Gasteiger partial charge in [0.1, 0.15) is 0 Å². The highest BCUT2D eigenvalue weighted by Crippen LogP contribution is 2.28. The van der Waals surface area contributed by atoms with Gasteiger partial charge in [-0.2, -0.15) is 0 Å². The zero-order chi connectivity index (χ0) is 16.5. The average Bonchev–Trinajstić information content (AvgIpc) is 3.31. The van der Waals surface area contributed by atoms with Gasteiger partial charge in [0.25, 0.3) is 5.91 Å². The number of benzene rings is 2. The van der Waals surface area contributed by atoms with Crippen molar-refractivity contribution in [3.8, 4) is 0 Å². The Balaban J connectivity index is 1.51. The highest BCUT2D eigenvalue weighted by atomic mass is 16.2. The van der Waals surface area contributed by atoms with Gasteiger partial charge in [0.05, 0.1) is 0 Å². The molecule has 1 heterocycles. The topological polar surface area (TPSA) is 23.6 Å². The van der Waals surface area contributed by atoms with Crippen LogP contribution in [0.3, 0.4) is 0 Å². The van der Waals surface area contributed by atoms with E-state index < -0.39 is 0 Å². The molecule has 2 aliphatic rings. The second kappa shape index (κ2) is 6.56. The molecule has 126 valence electrons. The minimum absolute atomic E-state index is 0.157. The molecule has 1 saturated carbocycles. The quantitative estimate of drug-likeness (QED) is 0.855. The monoisotopic (exact) mass is 322 g/mol. The SMILES string of the molecule is CN(C(=O)c1cccc2ccccc12)C1CCN(C2CCCC2)C1. The molecule has 3 nitrogen and oxygen atoms in total. The number of carbonyl (C=O) groups excluding carboxylic acids is 1. The maximum Gasteiger partial charge on any atom is 0.254 e. The fraction of sp³-hybridized carbons (Fsp3) is 0.476. The Hall–Kier alpha value is -1.87. The summed E-state index contributed by atoms with van der Waals surface area (Å²) in [5.41, 5.74) is 0.829. The molecule has 1 unspecified atom stereocenters. The van der Waals surface area contributed by atoms with Crippen molar-refractivity contribution >= 4 is 16.7 Å². The Labute approximate surface area is 144 Å². The molecule has 0 spiro atoms. The second-order valence-electron chi connectivity index (χ2n) is 7.32. The minimum Gasteiger partial charge on any atom is -0.337 e. The molecule has 0 bridgehead atoms. The number of hydrogen-bond donors (Lipinski definition) is 0. The Morgan fingerprint density at radius 3 is 2.62 bits per heavy atom. The van der Waals surface area contributed by atoms with Crippen LogP contribution in [-0.4, -0.2) is 47.9 Å². The molecule has 1 aliphatic carbocycles. The Morgan fingerprint density at radius 2 is 1.79 bits per heavy atom. The lowest BCUT2D eigenvalue weighted by Gasteiger charge is -2.27. The lowest BCUT2D eigenvalue weighted by atomic mass is 10.0. The molecule has 1 atom stereocenters. The molecule has 3 heteroatoms. The van der Waals surface area contributed by atoms with Gasteiger partial charge >= 0.3 is 0 Å². The molecule has 1 amide bonds. The fourth-order valence-corrected chi connectivity index (χ4v) is 4.45. The van der Waals surface area contributed by atoms with Crippen LogP contribution in [0.5, 0.6) is 0 Å². The van der Waals surface area contributed by atoms with Crippen LogP contribution in [-0.2, 0) is 0 Å². The predicted molar refractivity (Wildman–Crippen MR) is 98.3 cm³/mol. The summed E-state index contributed by atoms with van der Waals surface area (Å²) in [6.07, 6.45) is 6.53. The lowest BCUT2D eigenvalue weighted by molar-refractivity contribution is 0.0732. The molecular weight excluding hydrogens is 296 g/mol. The van der Waals surface area contributed by atoms with E-state index >= 15 is 0 Å². The van der Waals surface area contributed by atoms with Gasteiger partial charge in [0, 0.05) is 37.8 Å². The predicted octanol–water partition coefficient (Wildman–Crippen LogP) is 3.93. The zero-order valence-corrected chi connectivity index (χ0v) is 14.4. The number of likely N-dealkylation sites (N-methyl/N-ethyl adjacent to an activating group) is 1. The summed E-state index contributed by atoms with van der Waals surface area (Å²) in [5.74, 6) is 0.157. The molecule has 24 heavy (non-hydrogen) atoms. The minimum atomic E-state index is 0.157. The van der Waals surface area contributed by atoms with Crippen LogP contribution in [0.25, 0.3) is 10.8 Å². The van der Waals surface area contributed by atoms with Crippen molar-refractivity contribution in [3.05, 3.63) is 48.0 Å². The van der Waals surface area contributed by atoms with Crippen molar-refractivity contribution in [2.24, 2.45) is 0 Å². The summed E-state index contributed by atoms with van der Waals surface area (Å²) in [4.78, 5) is 17.7. The molecule has 2 aromatic rings.